The summed E-state index contributed by atoms with van der Waals surface area (Å²) in [6.45, 7) is 0. The van der Waals surface area contributed by atoms with E-state index in [1.54, 1.807) is 12.1 Å². The molecule has 2 unspecified atom stereocenters. The number of rotatable bonds is 3. The molecule has 0 heterocycles. The SMILES string of the molecule is O=C(O)c1ccc2cc(-c3ccc(O)c(C45CC6CC(C4)C(C6)C5)c3)ccc2c1. The average molecular weight is 384 g/mol. The largest absolute Gasteiger partial charge is 0.508 e. The normalized spacial score (nSPS) is 29.6. The van der Waals surface area contributed by atoms with E-state index < -0.39 is 5.97 Å². The number of hydrogen-bond acceptors (Lipinski definition) is 2. The first-order valence-electron chi connectivity index (χ1n) is 10.6. The third-order valence-corrected chi connectivity index (χ3v) is 7.91. The number of carboxylic acids is 1. The zero-order chi connectivity index (χ0) is 19.8. The molecule has 2 atom stereocenters. The van der Waals surface area contributed by atoms with Gasteiger partial charge in [0.25, 0.3) is 0 Å². The maximum Gasteiger partial charge on any atom is 0.335 e. The molecule has 0 amide bonds. The van der Waals surface area contributed by atoms with Crippen LogP contribution in [0.3, 0.4) is 0 Å². The Hall–Kier alpha value is -2.81. The lowest BCUT2D eigenvalue weighted by Crippen LogP contribution is -2.31. The van der Waals surface area contributed by atoms with Gasteiger partial charge in [-0.1, -0.05) is 24.3 Å². The molecule has 4 aliphatic rings. The lowest BCUT2D eigenvalue weighted by molar-refractivity contribution is 0.0697. The number of fused-ring (bicyclic) bond motifs is 1. The third-order valence-electron chi connectivity index (χ3n) is 7.91. The summed E-state index contributed by atoms with van der Waals surface area (Å²) in [7, 11) is 0. The van der Waals surface area contributed by atoms with E-state index in [9.17, 15) is 15.0 Å². The topological polar surface area (TPSA) is 57.5 Å². The zero-order valence-electron chi connectivity index (χ0n) is 16.3. The molecule has 4 aliphatic carbocycles. The standard InChI is InChI=1S/C26H24O3/c27-24-6-5-19(11-23(24)26-12-15-7-21(13-26)22(8-15)14-26)17-1-2-18-10-20(25(28)29)4-3-16(18)9-17/h1-6,9-11,15,21-22,27H,7-8,12-14H2,(H,28,29). The number of hydrogen-bond donors (Lipinski definition) is 2. The van der Waals surface area contributed by atoms with Crippen LogP contribution < -0.4 is 0 Å². The van der Waals surface area contributed by atoms with E-state index in [0.717, 1.165) is 45.2 Å². The third kappa shape index (κ3) is 2.53. The van der Waals surface area contributed by atoms with E-state index in [1.165, 1.54) is 32.1 Å². The fourth-order valence-corrected chi connectivity index (χ4v) is 6.84. The van der Waals surface area contributed by atoms with Gasteiger partial charge in [-0.15, -0.1) is 0 Å². The molecule has 3 nitrogen and oxygen atoms in total. The molecule has 29 heavy (non-hydrogen) atoms. The van der Waals surface area contributed by atoms with Crippen LogP contribution in [0.2, 0.25) is 0 Å². The molecule has 0 aromatic heterocycles. The molecular formula is C26H24O3. The molecule has 3 aromatic carbocycles. The van der Waals surface area contributed by atoms with Gasteiger partial charge in [-0.25, -0.2) is 4.79 Å². The first kappa shape index (κ1) is 17.1. The lowest BCUT2D eigenvalue weighted by Gasteiger charge is -2.39. The van der Waals surface area contributed by atoms with Gasteiger partial charge in [0.15, 0.2) is 0 Å². The highest BCUT2D eigenvalue weighted by molar-refractivity contribution is 5.95. The van der Waals surface area contributed by atoms with Gasteiger partial charge in [0.05, 0.1) is 5.56 Å². The smallest absolute Gasteiger partial charge is 0.335 e. The first-order valence-corrected chi connectivity index (χ1v) is 10.6. The van der Waals surface area contributed by atoms with Crippen LogP contribution in [0, 0.1) is 17.8 Å². The van der Waals surface area contributed by atoms with Crippen LogP contribution in [-0.2, 0) is 5.41 Å². The van der Waals surface area contributed by atoms with Crippen molar-refractivity contribution < 1.29 is 15.0 Å². The Balaban J connectivity index is 1.41. The Morgan fingerprint density at radius 1 is 0.828 bits per heavy atom. The quantitative estimate of drug-likeness (QED) is 0.583. The van der Waals surface area contributed by atoms with E-state index in [0.29, 0.717) is 11.3 Å². The number of carbonyl (C=O) groups is 1. The molecule has 4 bridgehead atoms. The fourth-order valence-electron chi connectivity index (χ4n) is 6.84. The van der Waals surface area contributed by atoms with Crippen molar-refractivity contribution in [3.63, 3.8) is 0 Å². The molecule has 4 saturated carbocycles. The van der Waals surface area contributed by atoms with Crippen LogP contribution in [0.15, 0.2) is 54.6 Å². The zero-order valence-corrected chi connectivity index (χ0v) is 16.3. The fraction of sp³-hybridized carbons (Fsp3) is 0.346. The van der Waals surface area contributed by atoms with Gasteiger partial charge >= 0.3 is 5.97 Å². The maximum absolute atomic E-state index is 11.2. The second-order valence-corrected chi connectivity index (χ2v) is 9.56. The van der Waals surface area contributed by atoms with E-state index in [4.69, 9.17) is 0 Å². The lowest BCUT2D eigenvalue weighted by atomic mass is 9.65. The van der Waals surface area contributed by atoms with Gasteiger partial charge in [0.1, 0.15) is 5.75 Å². The van der Waals surface area contributed by atoms with Gasteiger partial charge in [-0.05, 0) is 108 Å². The summed E-state index contributed by atoms with van der Waals surface area (Å²) >= 11 is 0. The van der Waals surface area contributed by atoms with E-state index >= 15 is 0 Å². The molecule has 4 fully saturated rings. The summed E-state index contributed by atoms with van der Waals surface area (Å²) in [5, 5.41) is 21.9. The van der Waals surface area contributed by atoms with Crippen LogP contribution in [-0.4, -0.2) is 16.2 Å². The highest BCUT2D eigenvalue weighted by atomic mass is 16.4. The van der Waals surface area contributed by atoms with Gasteiger partial charge < -0.3 is 10.2 Å². The van der Waals surface area contributed by atoms with Crippen LogP contribution in [0.25, 0.3) is 21.9 Å². The van der Waals surface area contributed by atoms with E-state index in [1.807, 2.05) is 24.3 Å². The summed E-state index contributed by atoms with van der Waals surface area (Å²) in [5.74, 6) is 2.11. The van der Waals surface area contributed by atoms with Gasteiger partial charge in [-0.3, -0.25) is 0 Å². The Morgan fingerprint density at radius 3 is 2.21 bits per heavy atom. The molecule has 0 radical (unpaired) electrons. The minimum atomic E-state index is -0.904. The summed E-state index contributed by atoms with van der Waals surface area (Å²) in [4.78, 5) is 11.2. The molecule has 3 heteroatoms. The summed E-state index contributed by atoms with van der Waals surface area (Å²) < 4.78 is 0. The van der Waals surface area contributed by atoms with Crippen LogP contribution in [0.5, 0.6) is 5.75 Å². The van der Waals surface area contributed by atoms with Gasteiger partial charge in [0.2, 0.25) is 0 Å². The van der Waals surface area contributed by atoms with Crippen molar-refractivity contribution in [1.82, 2.24) is 0 Å². The molecule has 0 saturated heterocycles. The first-order chi connectivity index (χ1) is 14.0. The Bertz CT molecular complexity index is 1140. The van der Waals surface area contributed by atoms with Crippen molar-refractivity contribution in [1.29, 1.82) is 0 Å². The van der Waals surface area contributed by atoms with E-state index in [2.05, 4.69) is 18.2 Å². The van der Waals surface area contributed by atoms with Crippen molar-refractivity contribution in [2.45, 2.75) is 37.5 Å². The monoisotopic (exact) mass is 384 g/mol. The highest BCUT2D eigenvalue weighted by Gasteiger charge is 2.57. The minimum absolute atomic E-state index is 0.170. The molecular weight excluding hydrogens is 360 g/mol. The molecule has 0 aliphatic heterocycles. The number of carboxylic acid groups (broad SMARTS) is 1. The number of aromatic carboxylic acids is 1. The van der Waals surface area contributed by atoms with Gasteiger partial charge in [0, 0.05) is 5.56 Å². The average Bonchev–Trinajstić information content (AvgIpc) is 3.14. The second kappa shape index (κ2) is 5.85. The minimum Gasteiger partial charge on any atom is -0.508 e. The number of phenols is 1. The molecule has 2 N–H and O–H groups in total. The highest BCUT2D eigenvalue weighted by Crippen LogP contribution is 2.65. The number of benzene rings is 3. The molecule has 3 aromatic rings. The van der Waals surface area contributed by atoms with Crippen molar-refractivity contribution in [3.05, 3.63) is 65.7 Å². The summed E-state index contributed by atoms with van der Waals surface area (Å²) in [6, 6.07) is 17.5. The van der Waals surface area contributed by atoms with Gasteiger partial charge in [-0.2, -0.15) is 0 Å². The van der Waals surface area contributed by atoms with Crippen LogP contribution >= 0.6 is 0 Å². The summed E-state index contributed by atoms with van der Waals surface area (Å²) in [6.07, 6.45) is 6.50. The van der Waals surface area contributed by atoms with Crippen molar-refractivity contribution >= 4 is 16.7 Å². The molecule has 0 spiro atoms. The number of aromatic hydroxyl groups is 1. The molecule has 7 rings (SSSR count). The summed E-state index contributed by atoms with van der Waals surface area (Å²) in [5.41, 5.74) is 3.85. The Labute approximate surface area is 170 Å². The molecule has 146 valence electrons. The predicted molar refractivity (Wildman–Crippen MR) is 113 cm³/mol. The van der Waals surface area contributed by atoms with Crippen LogP contribution in [0.4, 0.5) is 0 Å². The van der Waals surface area contributed by atoms with Crippen LogP contribution in [0.1, 0.15) is 48.0 Å². The predicted octanol–water partition coefficient (Wildman–Crippen LogP) is 5.99. The van der Waals surface area contributed by atoms with Crippen molar-refractivity contribution in [2.75, 3.05) is 0 Å². The maximum atomic E-state index is 11.2. The Kier molecular flexibility index (Phi) is 3.45. The van der Waals surface area contributed by atoms with Crippen molar-refractivity contribution in [3.8, 4) is 16.9 Å². The second-order valence-electron chi connectivity index (χ2n) is 9.56. The van der Waals surface area contributed by atoms with Crippen molar-refractivity contribution in [2.24, 2.45) is 17.8 Å². The van der Waals surface area contributed by atoms with E-state index in [-0.39, 0.29) is 5.41 Å². The number of phenolic OH excluding ortho intramolecular Hbond substituents is 1. The Morgan fingerprint density at radius 2 is 1.48 bits per heavy atom.